The molecule has 0 aliphatic heterocycles. The monoisotopic (exact) mass is 236 g/mol. The highest BCUT2D eigenvalue weighted by Gasteiger charge is 2.04. The number of hydrogen-bond acceptors (Lipinski definition) is 3. The number of carbonyl (C=O) groups excluding carboxylic acids is 1. The number of nitrogen functional groups attached to an aromatic ring is 1. The molecule has 0 spiro atoms. The summed E-state index contributed by atoms with van der Waals surface area (Å²) in [5.41, 5.74) is 7.36. The zero-order valence-electron chi connectivity index (χ0n) is 10.6. The second-order valence-electron chi connectivity index (χ2n) is 4.50. The number of anilines is 1. The molecule has 4 heteroatoms. The van der Waals surface area contributed by atoms with Gasteiger partial charge in [-0.25, -0.2) is 0 Å². The van der Waals surface area contributed by atoms with Crippen molar-refractivity contribution in [2.75, 3.05) is 18.9 Å². The number of carbonyl (C=O) groups is 1. The highest BCUT2D eigenvalue weighted by atomic mass is 16.5. The number of nitrogens with two attached hydrogens (primary N) is 1. The highest BCUT2D eigenvalue weighted by molar-refractivity contribution is 5.77. The van der Waals surface area contributed by atoms with Gasteiger partial charge < -0.3 is 15.8 Å². The summed E-state index contributed by atoms with van der Waals surface area (Å²) in [7, 11) is 0. The summed E-state index contributed by atoms with van der Waals surface area (Å²) in [4.78, 5) is 11.4. The molecule has 4 nitrogen and oxygen atoms in total. The maximum Gasteiger partial charge on any atom is 0.257 e. The van der Waals surface area contributed by atoms with E-state index in [0.29, 0.717) is 18.2 Å². The highest BCUT2D eigenvalue weighted by Crippen LogP contribution is 2.18. The SMILES string of the molecule is Cc1cc(OCC(=O)NCC(C)C)ccc1N. The topological polar surface area (TPSA) is 64.3 Å². The van der Waals surface area contributed by atoms with Gasteiger partial charge in [-0.05, 0) is 36.6 Å². The van der Waals surface area contributed by atoms with Crippen LogP contribution in [0.1, 0.15) is 19.4 Å². The smallest absolute Gasteiger partial charge is 0.257 e. The molecule has 17 heavy (non-hydrogen) atoms. The van der Waals surface area contributed by atoms with Gasteiger partial charge in [0.15, 0.2) is 6.61 Å². The minimum absolute atomic E-state index is 0.0378. The zero-order valence-corrected chi connectivity index (χ0v) is 10.6. The van der Waals surface area contributed by atoms with Gasteiger partial charge in [0.1, 0.15) is 5.75 Å². The molecular formula is C13H20N2O2. The van der Waals surface area contributed by atoms with E-state index in [1.165, 1.54) is 0 Å². The normalized spacial score (nSPS) is 10.4. The van der Waals surface area contributed by atoms with E-state index in [4.69, 9.17) is 10.5 Å². The summed E-state index contributed by atoms with van der Waals surface area (Å²) in [5, 5.41) is 2.79. The number of hydrogen-bond donors (Lipinski definition) is 2. The zero-order chi connectivity index (χ0) is 12.8. The molecule has 1 aromatic rings. The molecule has 0 aliphatic carbocycles. The van der Waals surface area contributed by atoms with Crippen LogP contribution in [0.3, 0.4) is 0 Å². The first-order chi connectivity index (χ1) is 7.99. The van der Waals surface area contributed by atoms with Crippen LogP contribution in [0.15, 0.2) is 18.2 Å². The van der Waals surface area contributed by atoms with Crippen LogP contribution in [0.25, 0.3) is 0 Å². The maximum absolute atomic E-state index is 11.4. The van der Waals surface area contributed by atoms with Gasteiger partial charge in [-0.3, -0.25) is 4.79 Å². The lowest BCUT2D eigenvalue weighted by Crippen LogP contribution is -2.31. The number of aryl methyl sites for hydroxylation is 1. The van der Waals surface area contributed by atoms with E-state index >= 15 is 0 Å². The minimum atomic E-state index is -0.104. The van der Waals surface area contributed by atoms with E-state index in [-0.39, 0.29) is 12.5 Å². The summed E-state index contributed by atoms with van der Waals surface area (Å²) in [6.45, 7) is 6.70. The predicted octanol–water partition coefficient (Wildman–Crippen LogP) is 1.73. The Kier molecular flexibility index (Phi) is 4.82. The summed E-state index contributed by atoms with van der Waals surface area (Å²) < 4.78 is 5.37. The number of benzene rings is 1. The van der Waals surface area contributed by atoms with E-state index in [0.717, 1.165) is 11.3 Å². The van der Waals surface area contributed by atoms with Crippen molar-refractivity contribution in [1.82, 2.24) is 5.32 Å². The molecule has 0 atom stereocenters. The molecule has 0 aliphatic rings. The van der Waals surface area contributed by atoms with E-state index in [9.17, 15) is 4.79 Å². The molecule has 94 valence electrons. The van der Waals surface area contributed by atoms with Gasteiger partial charge in [-0.15, -0.1) is 0 Å². The average Bonchev–Trinajstić information content (AvgIpc) is 2.28. The van der Waals surface area contributed by atoms with Crippen LogP contribution in [0.5, 0.6) is 5.75 Å². The fourth-order valence-electron chi connectivity index (χ4n) is 1.26. The molecule has 0 saturated carbocycles. The van der Waals surface area contributed by atoms with Crippen molar-refractivity contribution in [2.45, 2.75) is 20.8 Å². The van der Waals surface area contributed by atoms with Crippen molar-refractivity contribution in [2.24, 2.45) is 5.92 Å². The third-order valence-electron chi connectivity index (χ3n) is 2.32. The first-order valence-electron chi connectivity index (χ1n) is 5.74. The fourth-order valence-corrected chi connectivity index (χ4v) is 1.26. The van der Waals surface area contributed by atoms with Crippen molar-refractivity contribution in [1.29, 1.82) is 0 Å². The van der Waals surface area contributed by atoms with Crippen molar-refractivity contribution < 1.29 is 9.53 Å². The van der Waals surface area contributed by atoms with Crippen LogP contribution < -0.4 is 15.8 Å². The van der Waals surface area contributed by atoms with Gasteiger partial charge >= 0.3 is 0 Å². The van der Waals surface area contributed by atoms with Gasteiger partial charge in [0.25, 0.3) is 5.91 Å². The third kappa shape index (κ3) is 4.76. The lowest BCUT2D eigenvalue weighted by Gasteiger charge is -2.10. The lowest BCUT2D eigenvalue weighted by molar-refractivity contribution is -0.123. The van der Waals surface area contributed by atoms with E-state index in [1.807, 2.05) is 26.8 Å². The van der Waals surface area contributed by atoms with E-state index < -0.39 is 0 Å². The predicted molar refractivity (Wildman–Crippen MR) is 68.9 cm³/mol. The summed E-state index contributed by atoms with van der Waals surface area (Å²) >= 11 is 0. The Morgan fingerprint density at radius 1 is 1.47 bits per heavy atom. The minimum Gasteiger partial charge on any atom is -0.484 e. The van der Waals surface area contributed by atoms with Crippen molar-refractivity contribution >= 4 is 11.6 Å². The van der Waals surface area contributed by atoms with Gasteiger partial charge in [0.2, 0.25) is 0 Å². The summed E-state index contributed by atoms with van der Waals surface area (Å²) in [6.07, 6.45) is 0. The van der Waals surface area contributed by atoms with Crippen LogP contribution in [0, 0.1) is 12.8 Å². The first kappa shape index (κ1) is 13.4. The van der Waals surface area contributed by atoms with Crippen molar-refractivity contribution in [3.63, 3.8) is 0 Å². The Hall–Kier alpha value is -1.71. The van der Waals surface area contributed by atoms with Crippen LogP contribution in [-0.2, 0) is 4.79 Å². The maximum atomic E-state index is 11.4. The molecule has 3 N–H and O–H groups in total. The molecule has 0 bridgehead atoms. The van der Waals surface area contributed by atoms with Crippen LogP contribution in [0.2, 0.25) is 0 Å². The van der Waals surface area contributed by atoms with Gasteiger partial charge in [-0.1, -0.05) is 13.8 Å². The van der Waals surface area contributed by atoms with Crippen LogP contribution >= 0.6 is 0 Å². The molecule has 0 aromatic heterocycles. The van der Waals surface area contributed by atoms with E-state index in [2.05, 4.69) is 5.32 Å². The number of nitrogens with one attached hydrogen (secondary N) is 1. The number of amides is 1. The quantitative estimate of drug-likeness (QED) is 0.765. The molecule has 1 rings (SSSR count). The third-order valence-corrected chi connectivity index (χ3v) is 2.32. The molecule has 1 amide bonds. The Balaban J connectivity index is 2.39. The number of ether oxygens (including phenoxy) is 1. The van der Waals surface area contributed by atoms with Crippen LogP contribution in [-0.4, -0.2) is 19.1 Å². The van der Waals surface area contributed by atoms with Crippen LogP contribution in [0.4, 0.5) is 5.69 Å². The second-order valence-corrected chi connectivity index (χ2v) is 4.50. The summed E-state index contributed by atoms with van der Waals surface area (Å²) in [5.74, 6) is 1.00. The van der Waals surface area contributed by atoms with E-state index in [1.54, 1.807) is 12.1 Å². The Morgan fingerprint density at radius 2 is 2.18 bits per heavy atom. The number of rotatable bonds is 5. The Labute approximate surface area is 102 Å². The second kappa shape index (κ2) is 6.13. The average molecular weight is 236 g/mol. The molecule has 0 fully saturated rings. The molecule has 1 aromatic carbocycles. The lowest BCUT2D eigenvalue weighted by atomic mass is 10.2. The molecule has 0 unspecified atom stereocenters. The standard InChI is InChI=1S/C13H20N2O2/c1-9(2)7-15-13(16)8-17-11-4-5-12(14)10(3)6-11/h4-6,9H,7-8,14H2,1-3H3,(H,15,16). The van der Waals surface area contributed by atoms with Gasteiger partial charge in [0.05, 0.1) is 0 Å². The largest absolute Gasteiger partial charge is 0.484 e. The van der Waals surface area contributed by atoms with Crippen molar-refractivity contribution in [3.8, 4) is 5.75 Å². The molecule has 0 saturated heterocycles. The Bertz CT molecular complexity index is 389. The summed E-state index contributed by atoms with van der Waals surface area (Å²) in [6, 6.07) is 5.36. The van der Waals surface area contributed by atoms with Gasteiger partial charge in [0, 0.05) is 12.2 Å². The molecular weight excluding hydrogens is 216 g/mol. The fraction of sp³-hybridized carbons (Fsp3) is 0.462. The molecule has 0 radical (unpaired) electrons. The molecule has 0 heterocycles. The van der Waals surface area contributed by atoms with Crippen molar-refractivity contribution in [3.05, 3.63) is 23.8 Å². The van der Waals surface area contributed by atoms with Gasteiger partial charge in [-0.2, -0.15) is 0 Å². The first-order valence-corrected chi connectivity index (χ1v) is 5.74. The Morgan fingerprint density at radius 3 is 2.76 bits per heavy atom.